The lowest BCUT2D eigenvalue weighted by Gasteiger charge is -2.28. The normalized spacial score (nSPS) is 17.1. The Kier molecular flexibility index (Phi) is 3.39. The minimum Gasteiger partial charge on any atom is -0.324 e. The van der Waals surface area contributed by atoms with Crippen LogP contribution in [0.2, 0.25) is 0 Å². The maximum Gasteiger partial charge on any atom is 0.332 e. The lowest BCUT2D eigenvalue weighted by atomic mass is 10.2. The van der Waals surface area contributed by atoms with Gasteiger partial charge in [0.25, 0.3) is 5.56 Å². The molecule has 1 aromatic carbocycles. The minimum atomic E-state index is -0.294. The van der Waals surface area contributed by atoms with Gasteiger partial charge in [0.15, 0.2) is 6.67 Å². The van der Waals surface area contributed by atoms with Gasteiger partial charge < -0.3 is 10.2 Å². The molecular weight excluding hydrogens is 268 g/mol. The molecule has 6 heteroatoms. The van der Waals surface area contributed by atoms with Crippen LogP contribution in [0.15, 0.2) is 39.9 Å². The van der Waals surface area contributed by atoms with Crippen LogP contribution < -0.4 is 21.5 Å². The molecule has 1 aliphatic rings. The van der Waals surface area contributed by atoms with Gasteiger partial charge in [0.2, 0.25) is 0 Å². The minimum absolute atomic E-state index is 0.203. The molecule has 1 aliphatic heterocycles. The van der Waals surface area contributed by atoms with Crippen LogP contribution in [0, 0.1) is 0 Å². The molecule has 1 aromatic heterocycles. The van der Waals surface area contributed by atoms with Gasteiger partial charge in [-0.1, -0.05) is 30.3 Å². The Morgan fingerprint density at radius 1 is 1.14 bits per heavy atom. The zero-order valence-corrected chi connectivity index (χ0v) is 12.2. The second-order valence-electron chi connectivity index (χ2n) is 5.48. The van der Waals surface area contributed by atoms with Crippen molar-refractivity contribution in [2.24, 2.45) is 14.1 Å². The van der Waals surface area contributed by atoms with E-state index >= 15 is 0 Å². The van der Waals surface area contributed by atoms with Crippen molar-refractivity contribution in [2.45, 2.75) is 13.1 Å². The van der Waals surface area contributed by atoms with Gasteiger partial charge in [-0.15, -0.1) is 0 Å². The molecule has 1 atom stereocenters. The Morgan fingerprint density at radius 2 is 1.86 bits per heavy atom. The van der Waals surface area contributed by atoms with Crippen LogP contribution in [0.25, 0.3) is 0 Å². The fourth-order valence-corrected chi connectivity index (χ4v) is 2.83. The summed E-state index contributed by atoms with van der Waals surface area (Å²) in [6.45, 7) is 2.17. The number of benzene rings is 1. The Balaban J connectivity index is 1.93. The molecular formula is C15H19N4O2+. The molecule has 0 spiro atoms. The highest BCUT2D eigenvalue weighted by Gasteiger charge is 2.25. The van der Waals surface area contributed by atoms with Crippen LogP contribution in [-0.4, -0.2) is 15.8 Å². The molecule has 0 aliphatic carbocycles. The number of nitrogens with zero attached hydrogens (tertiary/aromatic N) is 2. The van der Waals surface area contributed by atoms with Crippen molar-refractivity contribution in [3.8, 4) is 0 Å². The standard InChI is InChI=1S/C15H18N4O2/c1-17-13-12(14(20)18(2)15(17)21)9-19(10-16-13)8-11-6-4-3-5-7-11/h3-7,16H,8-10H2,1-2H3/p+1. The number of nitrogens with one attached hydrogen (secondary N) is 2. The number of fused-ring (bicyclic) bond motifs is 1. The number of rotatable bonds is 2. The van der Waals surface area contributed by atoms with Crippen LogP contribution in [0.4, 0.5) is 5.82 Å². The van der Waals surface area contributed by atoms with Gasteiger partial charge in [0.05, 0.1) is 0 Å². The molecule has 6 nitrogen and oxygen atoms in total. The monoisotopic (exact) mass is 287 g/mol. The van der Waals surface area contributed by atoms with Crippen molar-refractivity contribution in [3.63, 3.8) is 0 Å². The first-order chi connectivity index (χ1) is 10.1. The van der Waals surface area contributed by atoms with E-state index in [1.807, 2.05) is 18.2 Å². The van der Waals surface area contributed by atoms with E-state index in [1.165, 1.54) is 26.6 Å². The van der Waals surface area contributed by atoms with E-state index in [-0.39, 0.29) is 11.2 Å². The number of hydrogen-bond acceptors (Lipinski definition) is 3. The van der Waals surface area contributed by atoms with E-state index in [9.17, 15) is 9.59 Å². The second-order valence-corrected chi connectivity index (χ2v) is 5.48. The number of aromatic nitrogens is 2. The maximum atomic E-state index is 12.3. The highest BCUT2D eigenvalue weighted by Crippen LogP contribution is 2.09. The SMILES string of the molecule is Cn1c2c(c(=O)n(C)c1=O)C[NH+](Cc1ccccc1)CN2. The predicted octanol–water partition coefficient (Wildman–Crippen LogP) is -0.948. The average Bonchev–Trinajstić information content (AvgIpc) is 2.52. The van der Waals surface area contributed by atoms with Crippen LogP contribution >= 0.6 is 0 Å². The molecule has 0 saturated carbocycles. The molecule has 2 aromatic rings. The quantitative estimate of drug-likeness (QED) is 0.749. The third-order valence-corrected chi connectivity index (χ3v) is 3.99. The van der Waals surface area contributed by atoms with Gasteiger partial charge in [-0.05, 0) is 0 Å². The highest BCUT2D eigenvalue weighted by molar-refractivity contribution is 5.43. The van der Waals surface area contributed by atoms with E-state index in [4.69, 9.17) is 0 Å². The molecule has 2 N–H and O–H groups in total. The van der Waals surface area contributed by atoms with Crippen molar-refractivity contribution in [3.05, 3.63) is 62.3 Å². The van der Waals surface area contributed by atoms with Gasteiger partial charge in [0, 0.05) is 19.7 Å². The molecule has 0 amide bonds. The van der Waals surface area contributed by atoms with Crippen molar-refractivity contribution in [2.75, 3.05) is 12.0 Å². The zero-order chi connectivity index (χ0) is 15.0. The summed E-state index contributed by atoms with van der Waals surface area (Å²) in [5.41, 5.74) is 1.42. The molecule has 0 saturated heterocycles. The van der Waals surface area contributed by atoms with Crippen molar-refractivity contribution < 1.29 is 4.90 Å². The third kappa shape index (κ3) is 2.38. The van der Waals surface area contributed by atoms with Gasteiger partial charge in [-0.2, -0.15) is 0 Å². The Labute approximate surface area is 122 Å². The highest BCUT2D eigenvalue weighted by atomic mass is 16.2. The van der Waals surface area contributed by atoms with E-state index < -0.39 is 0 Å². The topological polar surface area (TPSA) is 60.5 Å². The van der Waals surface area contributed by atoms with Crippen LogP contribution in [0.3, 0.4) is 0 Å². The Morgan fingerprint density at radius 3 is 2.57 bits per heavy atom. The zero-order valence-electron chi connectivity index (χ0n) is 12.2. The largest absolute Gasteiger partial charge is 0.332 e. The van der Waals surface area contributed by atoms with Crippen molar-refractivity contribution in [1.29, 1.82) is 0 Å². The molecule has 2 heterocycles. The van der Waals surface area contributed by atoms with E-state index in [2.05, 4.69) is 17.4 Å². The van der Waals surface area contributed by atoms with E-state index in [1.54, 1.807) is 7.05 Å². The van der Waals surface area contributed by atoms with Gasteiger partial charge in [-0.3, -0.25) is 13.9 Å². The maximum absolute atomic E-state index is 12.3. The van der Waals surface area contributed by atoms with Crippen LogP contribution in [-0.2, 0) is 27.2 Å². The lowest BCUT2D eigenvalue weighted by Crippen LogP contribution is -3.11. The second kappa shape index (κ2) is 5.21. The fraction of sp³-hybridized carbons (Fsp3) is 0.333. The Bertz CT molecular complexity index is 777. The van der Waals surface area contributed by atoms with Crippen molar-refractivity contribution in [1.82, 2.24) is 9.13 Å². The van der Waals surface area contributed by atoms with Gasteiger partial charge in [-0.25, -0.2) is 4.79 Å². The lowest BCUT2D eigenvalue weighted by molar-refractivity contribution is -0.926. The molecule has 3 rings (SSSR count). The van der Waals surface area contributed by atoms with Gasteiger partial charge in [0.1, 0.15) is 24.5 Å². The predicted molar refractivity (Wildman–Crippen MR) is 80.2 cm³/mol. The first kappa shape index (κ1) is 13.6. The van der Waals surface area contributed by atoms with Crippen molar-refractivity contribution >= 4 is 5.82 Å². The Hall–Kier alpha value is -2.34. The van der Waals surface area contributed by atoms with Crippen LogP contribution in [0.1, 0.15) is 11.1 Å². The molecule has 110 valence electrons. The van der Waals surface area contributed by atoms with E-state index in [0.29, 0.717) is 24.6 Å². The first-order valence-corrected chi connectivity index (χ1v) is 6.98. The first-order valence-electron chi connectivity index (χ1n) is 6.98. The van der Waals surface area contributed by atoms with Gasteiger partial charge >= 0.3 is 5.69 Å². The molecule has 0 radical (unpaired) electrons. The number of hydrogen-bond donors (Lipinski definition) is 2. The summed E-state index contributed by atoms with van der Waals surface area (Å²) in [7, 11) is 3.21. The smallest absolute Gasteiger partial charge is 0.324 e. The summed E-state index contributed by atoms with van der Waals surface area (Å²) in [6.07, 6.45) is 0. The summed E-state index contributed by atoms with van der Waals surface area (Å²) in [6, 6.07) is 10.2. The molecule has 0 fully saturated rings. The molecule has 0 bridgehead atoms. The molecule has 1 unspecified atom stereocenters. The summed E-state index contributed by atoms with van der Waals surface area (Å²) in [5.74, 6) is 0.653. The van der Waals surface area contributed by atoms with Crippen LogP contribution in [0.5, 0.6) is 0 Å². The summed E-state index contributed by atoms with van der Waals surface area (Å²) in [4.78, 5) is 25.4. The summed E-state index contributed by atoms with van der Waals surface area (Å²) >= 11 is 0. The third-order valence-electron chi connectivity index (χ3n) is 3.99. The fourth-order valence-electron chi connectivity index (χ4n) is 2.83. The molecule has 21 heavy (non-hydrogen) atoms. The average molecular weight is 287 g/mol. The summed E-state index contributed by atoms with van der Waals surface area (Å²) in [5, 5.41) is 3.22. The number of quaternary nitrogens is 1. The summed E-state index contributed by atoms with van der Waals surface area (Å²) < 4.78 is 2.68. The number of anilines is 1. The van der Waals surface area contributed by atoms with E-state index in [0.717, 1.165) is 6.54 Å².